The van der Waals surface area contributed by atoms with Crippen LogP contribution in [-0.4, -0.2) is 36.7 Å². The maximum Gasteiger partial charge on any atom is 0.238 e. The summed E-state index contributed by atoms with van der Waals surface area (Å²) in [6.07, 6.45) is 2.73. The molecule has 1 unspecified atom stereocenters. The summed E-state index contributed by atoms with van der Waals surface area (Å²) in [5, 5.41) is 2.55. The van der Waals surface area contributed by atoms with Crippen LogP contribution in [-0.2, 0) is 9.59 Å². The van der Waals surface area contributed by atoms with Gasteiger partial charge in [-0.2, -0.15) is 0 Å². The van der Waals surface area contributed by atoms with Crippen LogP contribution < -0.4 is 5.32 Å². The molecule has 0 bridgehead atoms. The first-order valence-corrected chi connectivity index (χ1v) is 7.30. The number of carbonyl (C=O) groups is 2. The molecular weight excluding hydrogens is 327 g/mol. The summed E-state index contributed by atoms with van der Waals surface area (Å²) < 4.78 is 14.2. The summed E-state index contributed by atoms with van der Waals surface area (Å²) >= 11 is 3.16. The summed E-state index contributed by atoms with van der Waals surface area (Å²) in [5.74, 6) is -0.740. The van der Waals surface area contributed by atoms with Gasteiger partial charge in [0, 0.05) is 16.9 Å². The lowest BCUT2D eigenvalue weighted by molar-refractivity contribution is -0.119. The van der Waals surface area contributed by atoms with Gasteiger partial charge in [-0.25, -0.2) is 4.39 Å². The van der Waals surface area contributed by atoms with Crippen molar-refractivity contribution in [2.75, 3.05) is 25.0 Å². The molecule has 1 fully saturated rings. The number of piperidine rings is 1. The van der Waals surface area contributed by atoms with Gasteiger partial charge in [-0.15, -0.1) is 0 Å². The SMILES string of the molecule is O=CC1CCCN(CC(=O)Nc2ccc(Br)cc2F)C1. The van der Waals surface area contributed by atoms with Gasteiger partial charge in [-0.05, 0) is 37.6 Å². The van der Waals surface area contributed by atoms with Gasteiger partial charge in [0.15, 0.2) is 0 Å². The van der Waals surface area contributed by atoms with E-state index in [4.69, 9.17) is 0 Å². The maximum atomic E-state index is 13.6. The second-order valence-corrected chi connectivity index (χ2v) is 5.86. The van der Waals surface area contributed by atoms with E-state index in [1.165, 1.54) is 12.1 Å². The fourth-order valence-electron chi connectivity index (χ4n) is 2.33. The number of nitrogens with one attached hydrogen (secondary N) is 1. The molecule has 1 saturated heterocycles. The van der Waals surface area contributed by atoms with Crippen molar-refractivity contribution >= 4 is 33.8 Å². The predicted molar refractivity (Wildman–Crippen MR) is 78.0 cm³/mol. The van der Waals surface area contributed by atoms with E-state index >= 15 is 0 Å². The van der Waals surface area contributed by atoms with Crippen molar-refractivity contribution < 1.29 is 14.0 Å². The van der Waals surface area contributed by atoms with Crippen LogP contribution in [0.5, 0.6) is 0 Å². The molecule has 0 spiro atoms. The average molecular weight is 343 g/mol. The Kier molecular flexibility index (Phi) is 5.25. The van der Waals surface area contributed by atoms with E-state index in [9.17, 15) is 14.0 Å². The van der Waals surface area contributed by atoms with E-state index in [0.29, 0.717) is 11.0 Å². The lowest BCUT2D eigenvalue weighted by Crippen LogP contribution is -2.40. The minimum absolute atomic E-state index is 0.000895. The van der Waals surface area contributed by atoms with Crippen molar-refractivity contribution in [1.82, 2.24) is 4.90 Å². The van der Waals surface area contributed by atoms with Crippen molar-refractivity contribution in [3.05, 3.63) is 28.5 Å². The Bertz CT molecular complexity index is 510. The van der Waals surface area contributed by atoms with Gasteiger partial charge in [-0.1, -0.05) is 15.9 Å². The Morgan fingerprint density at radius 3 is 3.05 bits per heavy atom. The van der Waals surface area contributed by atoms with Crippen molar-refractivity contribution in [3.8, 4) is 0 Å². The Balaban J connectivity index is 1.90. The maximum absolute atomic E-state index is 13.6. The molecule has 0 saturated carbocycles. The zero-order valence-electron chi connectivity index (χ0n) is 10.9. The van der Waals surface area contributed by atoms with Crippen molar-refractivity contribution in [1.29, 1.82) is 0 Å². The Morgan fingerprint density at radius 2 is 2.35 bits per heavy atom. The fourth-order valence-corrected chi connectivity index (χ4v) is 2.66. The Labute approximate surface area is 125 Å². The van der Waals surface area contributed by atoms with Crippen LogP contribution in [0.15, 0.2) is 22.7 Å². The van der Waals surface area contributed by atoms with E-state index in [0.717, 1.165) is 25.7 Å². The number of halogens is 2. The molecule has 0 aromatic heterocycles. The molecule has 20 heavy (non-hydrogen) atoms. The number of anilines is 1. The first-order valence-electron chi connectivity index (χ1n) is 6.51. The van der Waals surface area contributed by atoms with Crippen LogP contribution in [0.3, 0.4) is 0 Å². The molecule has 1 N–H and O–H groups in total. The Hall–Kier alpha value is -1.27. The molecule has 0 radical (unpaired) electrons. The molecule has 1 aromatic carbocycles. The molecule has 2 rings (SSSR count). The van der Waals surface area contributed by atoms with Gasteiger partial charge in [0.25, 0.3) is 0 Å². The molecule has 4 nitrogen and oxygen atoms in total. The normalized spacial score (nSPS) is 19.6. The molecule has 1 atom stereocenters. The highest BCUT2D eigenvalue weighted by molar-refractivity contribution is 9.10. The third-order valence-corrected chi connectivity index (χ3v) is 3.80. The van der Waals surface area contributed by atoms with E-state index < -0.39 is 5.82 Å². The van der Waals surface area contributed by atoms with Gasteiger partial charge in [-0.3, -0.25) is 9.69 Å². The van der Waals surface area contributed by atoms with Crippen molar-refractivity contribution in [2.45, 2.75) is 12.8 Å². The quantitative estimate of drug-likeness (QED) is 0.855. The van der Waals surface area contributed by atoms with Gasteiger partial charge in [0.2, 0.25) is 5.91 Å². The molecule has 108 valence electrons. The predicted octanol–water partition coefficient (Wildman–Crippen LogP) is 2.44. The van der Waals surface area contributed by atoms with Crippen molar-refractivity contribution in [2.24, 2.45) is 5.92 Å². The summed E-state index contributed by atoms with van der Waals surface area (Å²) in [6.45, 7) is 1.57. The number of carbonyl (C=O) groups excluding carboxylic acids is 2. The number of hydrogen-bond donors (Lipinski definition) is 1. The van der Waals surface area contributed by atoms with Crippen LogP contribution >= 0.6 is 15.9 Å². The molecule has 1 heterocycles. The smallest absolute Gasteiger partial charge is 0.238 e. The molecule has 6 heteroatoms. The third kappa shape index (κ3) is 4.11. The van der Waals surface area contributed by atoms with Crippen LogP contribution in [0.25, 0.3) is 0 Å². The fraction of sp³-hybridized carbons (Fsp3) is 0.429. The average Bonchev–Trinajstić information content (AvgIpc) is 2.42. The second-order valence-electron chi connectivity index (χ2n) is 4.95. The van der Waals surface area contributed by atoms with E-state index in [1.54, 1.807) is 6.07 Å². The monoisotopic (exact) mass is 342 g/mol. The Morgan fingerprint density at radius 1 is 1.55 bits per heavy atom. The van der Waals surface area contributed by atoms with Crippen LogP contribution in [0.4, 0.5) is 10.1 Å². The number of hydrogen-bond acceptors (Lipinski definition) is 3. The molecule has 1 aliphatic heterocycles. The van der Waals surface area contributed by atoms with Crippen LogP contribution in [0.1, 0.15) is 12.8 Å². The largest absolute Gasteiger partial charge is 0.322 e. The number of nitrogens with zero attached hydrogens (tertiary/aromatic N) is 1. The molecule has 1 aromatic rings. The first-order chi connectivity index (χ1) is 9.58. The minimum atomic E-state index is -0.475. The number of amides is 1. The standard InChI is InChI=1S/C14H16BrFN2O2/c15-11-3-4-13(12(16)6-11)17-14(20)8-18-5-1-2-10(7-18)9-19/h3-4,6,9-10H,1-2,5,7-8H2,(H,17,20). The lowest BCUT2D eigenvalue weighted by atomic mass is 10.00. The molecule has 1 aliphatic rings. The number of aldehydes is 1. The zero-order chi connectivity index (χ0) is 14.5. The first kappa shape index (κ1) is 15.1. The van der Waals surface area contributed by atoms with E-state index in [2.05, 4.69) is 21.2 Å². The highest BCUT2D eigenvalue weighted by Gasteiger charge is 2.21. The van der Waals surface area contributed by atoms with Gasteiger partial charge in [0.05, 0.1) is 12.2 Å². The third-order valence-electron chi connectivity index (χ3n) is 3.31. The molecule has 0 aliphatic carbocycles. The van der Waals surface area contributed by atoms with Crippen molar-refractivity contribution in [3.63, 3.8) is 0 Å². The van der Waals surface area contributed by atoms with Gasteiger partial charge >= 0.3 is 0 Å². The van der Waals surface area contributed by atoms with Gasteiger partial charge in [0.1, 0.15) is 12.1 Å². The minimum Gasteiger partial charge on any atom is -0.322 e. The van der Waals surface area contributed by atoms with Crippen LogP contribution in [0, 0.1) is 11.7 Å². The highest BCUT2D eigenvalue weighted by atomic mass is 79.9. The number of benzene rings is 1. The van der Waals surface area contributed by atoms with E-state index in [1.807, 2.05) is 4.90 Å². The summed E-state index contributed by atoms with van der Waals surface area (Å²) in [4.78, 5) is 24.6. The van der Waals surface area contributed by atoms with Gasteiger partial charge < -0.3 is 10.1 Å². The van der Waals surface area contributed by atoms with E-state index in [-0.39, 0.29) is 24.1 Å². The molecular formula is C14H16BrFN2O2. The number of likely N-dealkylation sites (tertiary alicyclic amines) is 1. The second kappa shape index (κ2) is 6.95. The zero-order valence-corrected chi connectivity index (χ0v) is 12.5. The van der Waals surface area contributed by atoms with Crippen LogP contribution in [0.2, 0.25) is 0 Å². The lowest BCUT2D eigenvalue weighted by Gasteiger charge is -2.29. The number of rotatable bonds is 4. The molecule has 1 amide bonds. The topological polar surface area (TPSA) is 49.4 Å². The highest BCUT2D eigenvalue weighted by Crippen LogP contribution is 2.19. The summed E-state index contributed by atoms with van der Waals surface area (Å²) in [7, 11) is 0. The summed E-state index contributed by atoms with van der Waals surface area (Å²) in [5.41, 5.74) is 0.169. The summed E-state index contributed by atoms with van der Waals surface area (Å²) in [6, 6.07) is 4.49.